The predicted molar refractivity (Wildman–Crippen MR) is 77.9 cm³/mol. The maximum absolute atomic E-state index is 11.9. The fraction of sp³-hybridized carbons (Fsp3) is 0.429. The van der Waals surface area contributed by atoms with Crippen molar-refractivity contribution in [3.05, 3.63) is 29.3 Å². The van der Waals surface area contributed by atoms with Crippen LogP contribution in [-0.4, -0.2) is 30.3 Å². The Hall–Kier alpha value is -1.66. The lowest BCUT2D eigenvalue weighted by Gasteiger charge is -2.07. The third-order valence-corrected chi connectivity index (χ3v) is 3.45. The molecule has 0 atom stereocenters. The zero-order chi connectivity index (χ0) is 14.4. The average molecular weight is 294 g/mol. The smallest absolute Gasteiger partial charge is 0.273 e. The molecule has 2 rings (SSSR count). The van der Waals surface area contributed by atoms with E-state index >= 15 is 0 Å². The maximum atomic E-state index is 11.9. The third-order valence-electron chi connectivity index (χ3n) is 2.56. The Morgan fingerprint density at radius 1 is 1.55 bits per heavy atom. The van der Waals surface area contributed by atoms with E-state index in [2.05, 4.69) is 10.5 Å². The van der Waals surface area contributed by atoms with Crippen LogP contribution in [0.15, 0.2) is 28.1 Å². The number of rotatable bonds is 7. The molecule has 5 nitrogen and oxygen atoms in total. The van der Waals surface area contributed by atoms with Gasteiger partial charge in [0.1, 0.15) is 0 Å². The number of hydrogen-bond acceptors (Lipinski definition) is 5. The van der Waals surface area contributed by atoms with Crippen LogP contribution in [0.25, 0.3) is 10.6 Å². The lowest BCUT2D eigenvalue weighted by molar-refractivity contribution is 0.0756. The molecule has 0 spiro atoms. The van der Waals surface area contributed by atoms with Crippen LogP contribution in [0.4, 0.5) is 0 Å². The highest BCUT2D eigenvalue weighted by atomic mass is 32.1. The number of hydrogen-bond donors (Lipinski definition) is 1. The van der Waals surface area contributed by atoms with E-state index < -0.39 is 0 Å². The van der Waals surface area contributed by atoms with E-state index in [1.807, 2.05) is 31.4 Å². The summed E-state index contributed by atoms with van der Waals surface area (Å²) in [6.07, 6.45) is 0.995. The number of nitrogens with zero attached hydrogens (tertiary/aromatic N) is 1. The summed E-state index contributed by atoms with van der Waals surface area (Å²) in [5.74, 6) is 0.398. The van der Waals surface area contributed by atoms with Gasteiger partial charge in [-0.25, -0.2) is 0 Å². The van der Waals surface area contributed by atoms with Crippen molar-refractivity contribution >= 4 is 17.2 Å². The zero-order valence-electron chi connectivity index (χ0n) is 11.6. The maximum Gasteiger partial charge on any atom is 0.273 e. The molecule has 0 fully saturated rings. The summed E-state index contributed by atoms with van der Waals surface area (Å²) in [7, 11) is 0. The Labute approximate surface area is 121 Å². The second-order valence-electron chi connectivity index (χ2n) is 4.58. The number of amides is 1. The third kappa shape index (κ3) is 4.18. The highest BCUT2D eigenvalue weighted by Gasteiger charge is 2.13. The Morgan fingerprint density at radius 2 is 2.40 bits per heavy atom. The van der Waals surface area contributed by atoms with Gasteiger partial charge >= 0.3 is 0 Å². The topological polar surface area (TPSA) is 64.4 Å². The van der Waals surface area contributed by atoms with Crippen molar-refractivity contribution in [1.29, 1.82) is 0 Å². The van der Waals surface area contributed by atoms with Gasteiger partial charge in [0.2, 0.25) is 0 Å². The second kappa shape index (κ2) is 7.21. The number of carbonyl (C=O) groups excluding carboxylic acids is 1. The number of ether oxygens (including phenoxy) is 1. The molecule has 0 aliphatic rings. The van der Waals surface area contributed by atoms with Crippen molar-refractivity contribution in [3.63, 3.8) is 0 Å². The van der Waals surface area contributed by atoms with Crippen LogP contribution in [0.5, 0.6) is 0 Å². The summed E-state index contributed by atoms with van der Waals surface area (Å²) in [6.45, 7) is 5.17. The normalized spacial score (nSPS) is 10.9. The number of nitrogens with one attached hydrogen (secondary N) is 1. The lowest BCUT2D eigenvalue weighted by atomic mass is 10.3. The predicted octanol–water partition coefficient (Wildman–Crippen LogP) is 2.95. The summed E-state index contributed by atoms with van der Waals surface area (Å²) >= 11 is 1.55. The molecule has 2 aromatic rings. The number of aromatic nitrogens is 1. The quantitative estimate of drug-likeness (QED) is 0.797. The van der Waals surface area contributed by atoms with Crippen LogP contribution in [0.3, 0.4) is 0 Å². The second-order valence-corrected chi connectivity index (χ2v) is 5.53. The van der Waals surface area contributed by atoms with Crippen molar-refractivity contribution in [2.45, 2.75) is 26.4 Å². The fourth-order valence-corrected chi connectivity index (χ4v) is 2.27. The first-order chi connectivity index (χ1) is 9.66. The van der Waals surface area contributed by atoms with Gasteiger partial charge in [0, 0.05) is 19.2 Å². The van der Waals surface area contributed by atoms with Gasteiger partial charge in [-0.3, -0.25) is 4.79 Å². The van der Waals surface area contributed by atoms with Crippen molar-refractivity contribution in [2.75, 3.05) is 13.2 Å². The molecule has 20 heavy (non-hydrogen) atoms. The molecule has 0 radical (unpaired) electrons. The molecule has 0 bridgehead atoms. The molecule has 6 heteroatoms. The van der Waals surface area contributed by atoms with E-state index in [9.17, 15) is 4.79 Å². The van der Waals surface area contributed by atoms with Crippen LogP contribution < -0.4 is 5.32 Å². The molecule has 2 aromatic heterocycles. The molecule has 0 aliphatic heterocycles. The van der Waals surface area contributed by atoms with Gasteiger partial charge < -0.3 is 14.6 Å². The fourth-order valence-electron chi connectivity index (χ4n) is 1.60. The van der Waals surface area contributed by atoms with E-state index in [-0.39, 0.29) is 12.0 Å². The van der Waals surface area contributed by atoms with Gasteiger partial charge in [-0.15, -0.1) is 11.3 Å². The summed E-state index contributed by atoms with van der Waals surface area (Å²) in [5, 5.41) is 8.53. The van der Waals surface area contributed by atoms with E-state index in [0.717, 1.165) is 11.3 Å². The summed E-state index contributed by atoms with van der Waals surface area (Å²) < 4.78 is 10.6. The molecule has 0 unspecified atom stereocenters. The van der Waals surface area contributed by atoms with E-state index in [1.54, 1.807) is 17.4 Å². The summed E-state index contributed by atoms with van der Waals surface area (Å²) in [4.78, 5) is 12.8. The molecule has 1 amide bonds. The van der Waals surface area contributed by atoms with Crippen LogP contribution in [0.2, 0.25) is 0 Å². The van der Waals surface area contributed by atoms with Crippen molar-refractivity contribution in [2.24, 2.45) is 0 Å². The Balaban J connectivity index is 1.78. The summed E-state index contributed by atoms with van der Waals surface area (Å²) in [5.41, 5.74) is 0.304. The largest absolute Gasteiger partial charge is 0.379 e. The van der Waals surface area contributed by atoms with Gasteiger partial charge in [-0.1, -0.05) is 11.2 Å². The SMILES string of the molecule is CC(C)OCCCNC(=O)c1cc(-c2cccs2)on1. The van der Waals surface area contributed by atoms with Gasteiger partial charge in [-0.05, 0) is 31.7 Å². The van der Waals surface area contributed by atoms with Crippen molar-refractivity contribution in [3.8, 4) is 10.6 Å². The van der Waals surface area contributed by atoms with Gasteiger partial charge in [0.15, 0.2) is 11.5 Å². The molecule has 0 aliphatic carbocycles. The lowest BCUT2D eigenvalue weighted by Crippen LogP contribution is -2.25. The summed E-state index contributed by atoms with van der Waals surface area (Å²) in [6, 6.07) is 5.51. The first-order valence-corrected chi connectivity index (χ1v) is 7.45. The van der Waals surface area contributed by atoms with Gasteiger partial charge in [0.25, 0.3) is 5.91 Å². The van der Waals surface area contributed by atoms with Crippen LogP contribution >= 0.6 is 11.3 Å². The van der Waals surface area contributed by atoms with Gasteiger partial charge in [-0.2, -0.15) is 0 Å². The Kier molecular flexibility index (Phi) is 5.31. The molecule has 108 valence electrons. The first-order valence-electron chi connectivity index (χ1n) is 6.57. The molecule has 0 saturated heterocycles. The minimum Gasteiger partial charge on any atom is -0.379 e. The highest BCUT2D eigenvalue weighted by molar-refractivity contribution is 7.13. The first kappa shape index (κ1) is 14.7. The highest BCUT2D eigenvalue weighted by Crippen LogP contribution is 2.24. The number of carbonyl (C=O) groups is 1. The molecule has 1 N–H and O–H groups in total. The molecule has 2 heterocycles. The van der Waals surface area contributed by atoms with Crippen LogP contribution in [0, 0.1) is 0 Å². The van der Waals surface area contributed by atoms with E-state index in [0.29, 0.717) is 24.6 Å². The molecule has 0 aromatic carbocycles. The standard InChI is InChI=1S/C14H18N2O3S/c1-10(2)18-7-4-6-15-14(17)11-9-12(19-16-11)13-5-3-8-20-13/h3,5,8-10H,4,6-7H2,1-2H3,(H,15,17). The average Bonchev–Trinajstić information content (AvgIpc) is 3.08. The van der Waals surface area contributed by atoms with Gasteiger partial charge in [0.05, 0.1) is 11.0 Å². The van der Waals surface area contributed by atoms with Crippen molar-refractivity contribution < 1.29 is 14.1 Å². The molecular weight excluding hydrogens is 276 g/mol. The number of thiophene rings is 1. The zero-order valence-corrected chi connectivity index (χ0v) is 12.4. The van der Waals surface area contributed by atoms with E-state index in [1.165, 1.54) is 0 Å². The molecular formula is C14H18N2O3S. The van der Waals surface area contributed by atoms with Crippen LogP contribution in [-0.2, 0) is 4.74 Å². The Morgan fingerprint density at radius 3 is 3.10 bits per heavy atom. The Bertz CT molecular complexity index is 534. The minimum absolute atomic E-state index is 0.217. The monoisotopic (exact) mass is 294 g/mol. The minimum atomic E-state index is -0.221. The van der Waals surface area contributed by atoms with Crippen molar-refractivity contribution in [1.82, 2.24) is 10.5 Å². The van der Waals surface area contributed by atoms with Crippen LogP contribution in [0.1, 0.15) is 30.8 Å². The van der Waals surface area contributed by atoms with E-state index in [4.69, 9.17) is 9.26 Å². The molecule has 0 saturated carbocycles.